The summed E-state index contributed by atoms with van der Waals surface area (Å²) in [6, 6.07) is 29.1. The average molecular weight is 588 g/mol. The predicted octanol–water partition coefficient (Wildman–Crippen LogP) is 8.17. The van der Waals surface area contributed by atoms with Crippen LogP contribution in [0.25, 0.3) is 10.8 Å². The van der Waals surface area contributed by atoms with Crippen molar-refractivity contribution in [3.63, 3.8) is 0 Å². The van der Waals surface area contributed by atoms with E-state index < -0.39 is 6.04 Å². The molecule has 212 valence electrons. The minimum atomic E-state index is -0.675. The number of hydrogen-bond donors (Lipinski definition) is 1. The first-order valence-corrected chi connectivity index (χ1v) is 15.3. The zero-order valence-corrected chi connectivity index (χ0v) is 24.7. The largest absolute Gasteiger partial charge is 0.352 e. The molecule has 1 saturated carbocycles. The fraction of sp³-hybridized carbons (Fsp3) is 0.314. The van der Waals surface area contributed by atoms with Crippen molar-refractivity contribution >= 4 is 45.8 Å². The summed E-state index contributed by atoms with van der Waals surface area (Å²) in [7, 11) is 0. The van der Waals surface area contributed by atoms with Crippen LogP contribution >= 0.6 is 23.2 Å². The first-order valence-electron chi connectivity index (χ1n) is 14.5. The number of carbonyl (C=O) groups excluding carboxylic acids is 2. The zero-order valence-electron chi connectivity index (χ0n) is 23.2. The maximum atomic E-state index is 14.1. The molecule has 0 saturated heterocycles. The van der Waals surface area contributed by atoms with Crippen molar-refractivity contribution < 1.29 is 9.59 Å². The Morgan fingerprint density at radius 2 is 1.56 bits per heavy atom. The van der Waals surface area contributed by atoms with E-state index in [0.29, 0.717) is 22.9 Å². The molecule has 0 aromatic heterocycles. The van der Waals surface area contributed by atoms with Gasteiger partial charge in [0.05, 0.1) is 0 Å². The maximum Gasteiger partial charge on any atom is 0.243 e. The Hall–Kier alpha value is -3.34. The normalized spacial score (nSPS) is 14.5. The summed E-state index contributed by atoms with van der Waals surface area (Å²) in [5.74, 6) is -0.187. The summed E-state index contributed by atoms with van der Waals surface area (Å²) in [6.07, 6.45) is 6.65. The summed E-state index contributed by atoms with van der Waals surface area (Å²) < 4.78 is 0. The van der Waals surface area contributed by atoms with Gasteiger partial charge in [-0.25, -0.2) is 0 Å². The van der Waals surface area contributed by atoms with Gasteiger partial charge in [0.2, 0.25) is 11.8 Å². The second-order valence-electron chi connectivity index (χ2n) is 10.9. The van der Waals surface area contributed by atoms with Gasteiger partial charge in [0, 0.05) is 35.5 Å². The molecule has 0 radical (unpaired) electrons. The number of amides is 2. The number of halogens is 2. The molecule has 1 aliphatic rings. The summed E-state index contributed by atoms with van der Waals surface area (Å²) >= 11 is 12.8. The smallest absolute Gasteiger partial charge is 0.243 e. The maximum absolute atomic E-state index is 14.1. The molecule has 0 bridgehead atoms. The number of benzene rings is 4. The van der Waals surface area contributed by atoms with Crippen LogP contribution in [-0.4, -0.2) is 28.8 Å². The van der Waals surface area contributed by atoms with E-state index in [4.69, 9.17) is 23.2 Å². The first-order chi connectivity index (χ1) is 20.0. The molecule has 0 aliphatic heterocycles. The minimum absolute atomic E-state index is 0.0799. The molecule has 1 atom stereocenters. The van der Waals surface area contributed by atoms with E-state index in [2.05, 4.69) is 29.6 Å². The standard InChI is InChI=1S/C35H36Cl2N2O2/c36-29-20-18-28(32(37)23-29)24-39(34(40)21-19-27-14-9-13-26-12-7-8-17-31(26)27)33(22-25-10-3-1-4-11-25)35(41)38-30-15-5-2-6-16-30/h1,3-4,7-14,17-18,20,23,30,33H,2,5-6,15-16,19,21-22,24H2,(H,38,41)/t33-/m1/s1. The zero-order chi connectivity index (χ0) is 28.6. The van der Waals surface area contributed by atoms with Gasteiger partial charge in [0.25, 0.3) is 0 Å². The van der Waals surface area contributed by atoms with E-state index in [1.54, 1.807) is 17.0 Å². The Morgan fingerprint density at radius 3 is 2.34 bits per heavy atom. The van der Waals surface area contributed by atoms with Gasteiger partial charge < -0.3 is 10.2 Å². The van der Waals surface area contributed by atoms with Gasteiger partial charge in [-0.3, -0.25) is 9.59 Å². The van der Waals surface area contributed by atoms with Crippen molar-refractivity contribution in [2.75, 3.05) is 0 Å². The van der Waals surface area contributed by atoms with Crippen LogP contribution in [0, 0.1) is 0 Å². The average Bonchev–Trinajstić information content (AvgIpc) is 2.99. The van der Waals surface area contributed by atoms with Crippen molar-refractivity contribution in [1.29, 1.82) is 0 Å². The highest BCUT2D eigenvalue weighted by atomic mass is 35.5. The molecule has 1 aliphatic carbocycles. The molecule has 41 heavy (non-hydrogen) atoms. The monoisotopic (exact) mass is 586 g/mol. The van der Waals surface area contributed by atoms with Crippen molar-refractivity contribution in [1.82, 2.24) is 10.2 Å². The molecule has 4 nitrogen and oxygen atoms in total. The van der Waals surface area contributed by atoms with E-state index in [-0.39, 0.29) is 30.8 Å². The van der Waals surface area contributed by atoms with E-state index in [0.717, 1.165) is 53.1 Å². The van der Waals surface area contributed by atoms with Gasteiger partial charge in [-0.15, -0.1) is 0 Å². The number of carbonyl (C=O) groups is 2. The molecule has 5 rings (SSSR count). The van der Waals surface area contributed by atoms with E-state index in [9.17, 15) is 9.59 Å². The molecule has 4 aromatic carbocycles. The number of hydrogen-bond acceptors (Lipinski definition) is 2. The summed E-state index contributed by atoms with van der Waals surface area (Å²) in [4.78, 5) is 29.8. The number of nitrogens with zero attached hydrogens (tertiary/aromatic N) is 1. The molecule has 1 fully saturated rings. The van der Waals surface area contributed by atoms with Gasteiger partial charge in [-0.05, 0) is 58.9 Å². The van der Waals surface area contributed by atoms with Crippen LogP contribution in [-0.2, 0) is 29.0 Å². The van der Waals surface area contributed by atoms with Crippen LogP contribution in [0.1, 0.15) is 55.2 Å². The van der Waals surface area contributed by atoms with Crippen molar-refractivity contribution in [2.24, 2.45) is 0 Å². The van der Waals surface area contributed by atoms with Crippen molar-refractivity contribution in [3.8, 4) is 0 Å². The first kappa shape index (κ1) is 29.2. The van der Waals surface area contributed by atoms with Crippen LogP contribution in [0.15, 0.2) is 91.0 Å². The van der Waals surface area contributed by atoms with E-state index >= 15 is 0 Å². The minimum Gasteiger partial charge on any atom is -0.352 e. The molecule has 0 heterocycles. The van der Waals surface area contributed by atoms with Gasteiger partial charge >= 0.3 is 0 Å². The fourth-order valence-electron chi connectivity index (χ4n) is 5.83. The molecule has 0 unspecified atom stereocenters. The Bertz CT molecular complexity index is 1480. The Labute approximate surface area is 252 Å². The SMILES string of the molecule is O=C(NC1CCCCC1)[C@@H](Cc1ccccc1)N(Cc1ccc(Cl)cc1Cl)C(=O)CCc1cccc2ccccc12. The highest BCUT2D eigenvalue weighted by Gasteiger charge is 2.32. The predicted molar refractivity (Wildman–Crippen MR) is 168 cm³/mol. The number of rotatable bonds is 10. The topological polar surface area (TPSA) is 49.4 Å². The molecular weight excluding hydrogens is 551 g/mol. The summed E-state index contributed by atoms with van der Waals surface area (Å²) in [5.41, 5.74) is 2.88. The highest BCUT2D eigenvalue weighted by molar-refractivity contribution is 6.35. The molecule has 2 amide bonds. The number of nitrogens with one attached hydrogen (secondary N) is 1. The van der Waals surface area contributed by atoms with Crippen molar-refractivity contribution in [3.05, 3.63) is 118 Å². The Morgan fingerprint density at radius 1 is 0.829 bits per heavy atom. The third kappa shape index (κ3) is 7.69. The van der Waals surface area contributed by atoms with Gasteiger partial charge in [0.15, 0.2) is 0 Å². The summed E-state index contributed by atoms with van der Waals surface area (Å²) in [5, 5.41) is 6.60. The molecule has 0 spiro atoms. The van der Waals surface area contributed by atoms with E-state index in [1.165, 1.54) is 6.42 Å². The highest BCUT2D eigenvalue weighted by Crippen LogP contribution is 2.26. The Kier molecular flexibility index (Phi) is 9.97. The molecule has 1 N–H and O–H groups in total. The lowest BCUT2D eigenvalue weighted by molar-refractivity contribution is -0.141. The number of aryl methyl sites for hydroxylation is 1. The lowest BCUT2D eigenvalue weighted by atomic mass is 9.94. The number of fused-ring (bicyclic) bond motifs is 1. The molecular formula is C35H36Cl2N2O2. The van der Waals surface area contributed by atoms with E-state index in [1.807, 2.05) is 54.6 Å². The third-order valence-electron chi connectivity index (χ3n) is 8.07. The lowest BCUT2D eigenvalue weighted by Crippen LogP contribution is -2.53. The Balaban J connectivity index is 1.45. The van der Waals surface area contributed by atoms with Crippen molar-refractivity contribution in [2.45, 2.75) is 70.0 Å². The van der Waals surface area contributed by atoms with Crippen LogP contribution in [0.3, 0.4) is 0 Å². The van der Waals surface area contributed by atoms with Gasteiger partial charge in [0.1, 0.15) is 6.04 Å². The summed E-state index contributed by atoms with van der Waals surface area (Å²) in [6.45, 7) is 0.222. The third-order valence-corrected chi connectivity index (χ3v) is 8.65. The fourth-order valence-corrected chi connectivity index (χ4v) is 6.30. The second-order valence-corrected chi connectivity index (χ2v) is 11.8. The van der Waals surface area contributed by atoms with Gasteiger partial charge in [-0.2, -0.15) is 0 Å². The van der Waals surface area contributed by atoms with Crippen LogP contribution in [0.4, 0.5) is 0 Å². The second kappa shape index (κ2) is 14.0. The lowest BCUT2D eigenvalue weighted by Gasteiger charge is -2.34. The van der Waals surface area contributed by atoms with Gasteiger partial charge in [-0.1, -0.05) is 121 Å². The van der Waals surface area contributed by atoms with Crippen LogP contribution in [0.2, 0.25) is 10.0 Å². The quantitative estimate of drug-likeness (QED) is 0.204. The molecule has 4 aromatic rings. The van der Waals surface area contributed by atoms with Crippen LogP contribution in [0.5, 0.6) is 0 Å². The van der Waals surface area contributed by atoms with Crippen LogP contribution < -0.4 is 5.32 Å². The molecule has 6 heteroatoms.